The van der Waals surface area contributed by atoms with E-state index < -0.39 is 0 Å². The summed E-state index contributed by atoms with van der Waals surface area (Å²) in [5.74, 6) is 0.322. The third kappa shape index (κ3) is 4.03. The van der Waals surface area contributed by atoms with Gasteiger partial charge in [0.15, 0.2) is 6.61 Å². The molecular formula is C14H13N3O2S. The third-order valence-corrected chi connectivity index (χ3v) is 2.69. The van der Waals surface area contributed by atoms with Gasteiger partial charge in [-0.3, -0.25) is 9.78 Å². The number of thiocarbonyl (C=S) groups is 1. The van der Waals surface area contributed by atoms with Crippen LogP contribution in [0.2, 0.25) is 0 Å². The molecule has 0 saturated heterocycles. The van der Waals surface area contributed by atoms with Gasteiger partial charge in [0.25, 0.3) is 5.91 Å². The fraction of sp³-hybridized carbons (Fsp3) is 0.0714. The summed E-state index contributed by atoms with van der Waals surface area (Å²) in [5.41, 5.74) is 6.88. The fourth-order valence-corrected chi connectivity index (χ4v) is 1.63. The molecule has 0 saturated carbocycles. The number of rotatable bonds is 5. The van der Waals surface area contributed by atoms with E-state index in [4.69, 9.17) is 22.7 Å². The van der Waals surface area contributed by atoms with Gasteiger partial charge < -0.3 is 15.8 Å². The van der Waals surface area contributed by atoms with Crippen LogP contribution in [0.1, 0.15) is 5.56 Å². The highest BCUT2D eigenvalue weighted by Crippen LogP contribution is 2.12. The second-order valence-corrected chi connectivity index (χ2v) is 4.41. The third-order valence-electron chi connectivity index (χ3n) is 2.45. The zero-order valence-electron chi connectivity index (χ0n) is 10.6. The van der Waals surface area contributed by atoms with Crippen LogP contribution in [-0.4, -0.2) is 22.5 Å². The van der Waals surface area contributed by atoms with Crippen molar-refractivity contribution >= 4 is 28.8 Å². The number of nitrogens with two attached hydrogens (primary N) is 1. The molecule has 0 fully saturated rings. The number of carbonyl (C=O) groups excluding carboxylic acids is 1. The van der Waals surface area contributed by atoms with E-state index in [0.29, 0.717) is 16.4 Å². The maximum absolute atomic E-state index is 11.7. The van der Waals surface area contributed by atoms with E-state index in [1.165, 1.54) is 0 Å². The van der Waals surface area contributed by atoms with E-state index in [1.54, 1.807) is 48.8 Å². The highest BCUT2D eigenvalue weighted by molar-refractivity contribution is 7.80. The lowest BCUT2D eigenvalue weighted by Crippen LogP contribution is -2.20. The van der Waals surface area contributed by atoms with Crippen molar-refractivity contribution in [2.45, 2.75) is 0 Å². The molecule has 0 bridgehead atoms. The summed E-state index contributed by atoms with van der Waals surface area (Å²) in [6.45, 7) is -0.0820. The molecule has 2 aromatic rings. The lowest BCUT2D eigenvalue weighted by molar-refractivity contribution is -0.118. The number of nitrogens with one attached hydrogen (secondary N) is 1. The molecule has 1 aromatic heterocycles. The Morgan fingerprint density at radius 3 is 2.65 bits per heavy atom. The number of amides is 1. The second-order valence-electron chi connectivity index (χ2n) is 3.97. The number of anilines is 1. The summed E-state index contributed by atoms with van der Waals surface area (Å²) in [4.78, 5) is 15.9. The van der Waals surface area contributed by atoms with E-state index in [1.807, 2.05) is 0 Å². The predicted octanol–water partition coefficient (Wildman–Crippen LogP) is 1.73. The summed E-state index contributed by atoms with van der Waals surface area (Å²) in [6.07, 6.45) is 3.20. The molecule has 0 atom stereocenters. The van der Waals surface area contributed by atoms with Gasteiger partial charge in [-0.1, -0.05) is 12.2 Å². The van der Waals surface area contributed by atoms with Gasteiger partial charge in [0.05, 0.1) is 11.9 Å². The van der Waals surface area contributed by atoms with Crippen LogP contribution >= 0.6 is 12.2 Å². The lowest BCUT2D eigenvalue weighted by Gasteiger charge is -2.07. The molecule has 1 heterocycles. The SMILES string of the molecule is NC(=S)c1ccc(OCC(=O)Nc2cccnc2)cc1. The monoisotopic (exact) mass is 287 g/mol. The van der Waals surface area contributed by atoms with Crippen molar-refractivity contribution in [2.24, 2.45) is 5.73 Å². The maximum Gasteiger partial charge on any atom is 0.262 e. The molecule has 0 aliphatic heterocycles. The van der Waals surface area contributed by atoms with Gasteiger partial charge in [-0.15, -0.1) is 0 Å². The van der Waals surface area contributed by atoms with Crippen molar-refractivity contribution in [3.63, 3.8) is 0 Å². The molecule has 5 nitrogen and oxygen atoms in total. The van der Waals surface area contributed by atoms with Gasteiger partial charge in [-0.05, 0) is 36.4 Å². The highest BCUT2D eigenvalue weighted by atomic mass is 32.1. The largest absolute Gasteiger partial charge is 0.484 e. The Hall–Kier alpha value is -2.47. The van der Waals surface area contributed by atoms with Crippen LogP contribution in [0.25, 0.3) is 0 Å². The van der Waals surface area contributed by atoms with Crippen LogP contribution in [0.5, 0.6) is 5.75 Å². The van der Waals surface area contributed by atoms with Crippen LogP contribution in [0.4, 0.5) is 5.69 Å². The summed E-state index contributed by atoms with van der Waals surface area (Å²) >= 11 is 4.85. The normalized spacial score (nSPS) is 9.80. The molecule has 0 aliphatic carbocycles. The van der Waals surface area contributed by atoms with Crippen molar-refractivity contribution in [1.29, 1.82) is 0 Å². The molecule has 6 heteroatoms. The molecule has 20 heavy (non-hydrogen) atoms. The standard InChI is InChI=1S/C14H13N3O2S/c15-14(20)10-3-5-12(6-4-10)19-9-13(18)17-11-2-1-7-16-8-11/h1-8H,9H2,(H2,15,20)(H,17,18). The second kappa shape index (κ2) is 6.63. The number of ether oxygens (including phenoxy) is 1. The summed E-state index contributed by atoms with van der Waals surface area (Å²) in [7, 11) is 0. The number of hydrogen-bond acceptors (Lipinski definition) is 4. The number of nitrogens with zero attached hydrogens (tertiary/aromatic N) is 1. The van der Waals surface area contributed by atoms with Crippen molar-refractivity contribution in [1.82, 2.24) is 4.98 Å². The first-order chi connectivity index (χ1) is 9.65. The van der Waals surface area contributed by atoms with Crippen molar-refractivity contribution in [3.8, 4) is 5.75 Å². The number of carbonyl (C=O) groups is 1. The number of aromatic nitrogens is 1. The van der Waals surface area contributed by atoms with Gasteiger partial charge in [-0.2, -0.15) is 0 Å². The highest BCUT2D eigenvalue weighted by Gasteiger charge is 2.04. The molecule has 1 amide bonds. The molecule has 102 valence electrons. The minimum Gasteiger partial charge on any atom is -0.484 e. The minimum atomic E-state index is -0.253. The fourth-order valence-electron chi connectivity index (χ4n) is 1.50. The first-order valence-electron chi connectivity index (χ1n) is 5.88. The smallest absolute Gasteiger partial charge is 0.262 e. The maximum atomic E-state index is 11.7. The summed E-state index contributed by atoms with van der Waals surface area (Å²) in [6, 6.07) is 10.4. The van der Waals surface area contributed by atoms with E-state index >= 15 is 0 Å². The first-order valence-corrected chi connectivity index (χ1v) is 6.28. The first kappa shape index (κ1) is 14.0. The average molecular weight is 287 g/mol. The van der Waals surface area contributed by atoms with E-state index in [-0.39, 0.29) is 12.5 Å². The predicted molar refractivity (Wildman–Crippen MR) is 80.7 cm³/mol. The topological polar surface area (TPSA) is 77.2 Å². The van der Waals surface area contributed by atoms with E-state index in [2.05, 4.69) is 10.3 Å². The Bertz CT molecular complexity index is 600. The Morgan fingerprint density at radius 1 is 1.30 bits per heavy atom. The molecule has 0 unspecified atom stereocenters. The Kier molecular flexibility index (Phi) is 4.62. The molecule has 0 spiro atoms. The van der Waals surface area contributed by atoms with Gasteiger partial charge in [-0.25, -0.2) is 0 Å². The zero-order chi connectivity index (χ0) is 14.4. The van der Waals surface area contributed by atoms with Crippen LogP contribution in [-0.2, 0) is 4.79 Å². The molecule has 1 aromatic carbocycles. The summed E-state index contributed by atoms with van der Waals surface area (Å²) < 4.78 is 5.36. The van der Waals surface area contributed by atoms with Gasteiger partial charge >= 0.3 is 0 Å². The van der Waals surface area contributed by atoms with Gasteiger partial charge in [0, 0.05) is 11.8 Å². The Labute approximate surface area is 121 Å². The molecule has 0 aliphatic rings. The van der Waals surface area contributed by atoms with E-state index in [0.717, 1.165) is 5.56 Å². The number of hydrogen-bond donors (Lipinski definition) is 2. The molecular weight excluding hydrogens is 274 g/mol. The Morgan fingerprint density at radius 2 is 2.05 bits per heavy atom. The number of pyridine rings is 1. The van der Waals surface area contributed by atoms with Crippen molar-refractivity contribution in [2.75, 3.05) is 11.9 Å². The Balaban J connectivity index is 1.85. The van der Waals surface area contributed by atoms with Crippen LogP contribution in [0.15, 0.2) is 48.8 Å². The molecule has 3 N–H and O–H groups in total. The lowest BCUT2D eigenvalue weighted by atomic mass is 10.2. The molecule has 0 radical (unpaired) electrons. The zero-order valence-corrected chi connectivity index (χ0v) is 11.4. The van der Waals surface area contributed by atoms with Crippen LogP contribution in [0.3, 0.4) is 0 Å². The van der Waals surface area contributed by atoms with Gasteiger partial charge in [0.1, 0.15) is 10.7 Å². The van der Waals surface area contributed by atoms with Crippen LogP contribution in [0, 0.1) is 0 Å². The van der Waals surface area contributed by atoms with Crippen molar-refractivity contribution < 1.29 is 9.53 Å². The average Bonchev–Trinajstić information content (AvgIpc) is 2.46. The van der Waals surface area contributed by atoms with Crippen molar-refractivity contribution in [3.05, 3.63) is 54.4 Å². The summed E-state index contributed by atoms with van der Waals surface area (Å²) in [5, 5.41) is 2.67. The quantitative estimate of drug-likeness (QED) is 0.819. The molecule has 2 rings (SSSR count). The van der Waals surface area contributed by atoms with Gasteiger partial charge in [0.2, 0.25) is 0 Å². The minimum absolute atomic E-state index is 0.0820. The number of benzene rings is 1. The van der Waals surface area contributed by atoms with Crippen LogP contribution < -0.4 is 15.8 Å². The van der Waals surface area contributed by atoms with E-state index in [9.17, 15) is 4.79 Å².